The van der Waals surface area contributed by atoms with E-state index < -0.39 is 0 Å². The van der Waals surface area contributed by atoms with Crippen LogP contribution in [-0.4, -0.2) is 26.2 Å². The van der Waals surface area contributed by atoms with Gasteiger partial charge in [0, 0.05) is 0 Å². The third-order valence-corrected chi connectivity index (χ3v) is 3.79. The summed E-state index contributed by atoms with van der Waals surface area (Å²) in [6.45, 7) is 6.03. The van der Waals surface area contributed by atoms with Gasteiger partial charge in [0.2, 0.25) is 0 Å². The fraction of sp³-hybridized carbons (Fsp3) is 0.533. The van der Waals surface area contributed by atoms with E-state index in [-0.39, 0.29) is 11.9 Å². The molecule has 2 rings (SSSR count). The third kappa shape index (κ3) is 2.56. The molecule has 3 nitrogen and oxygen atoms in total. The molecule has 1 N–H and O–H groups in total. The fourth-order valence-electron chi connectivity index (χ4n) is 2.84. The lowest BCUT2D eigenvalue weighted by atomic mass is 9.83. The monoisotopic (exact) mass is 247 g/mol. The Morgan fingerprint density at radius 1 is 1.44 bits per heavy atom. The molecular weight excluding hydrogens is 226 g/mol. The van der Waals surface area contributed by atoms with E-state index in [9.17, 15) is 4.79 Å². The molecule has 1 heterocycles. The number of esters is 1. The summed E-state index contributed by atoms with van der Waals surface area (Å²) < 4.78 is 5.00. The Hall–Kier alpha value is -1.35. The van der Waals surface area contributed by atoms with Crippen molar-refractivity contribution >= 4 is 5.97 Å². The minimum atomic E-state index is -0.134. The largest absolute Gasteiger partial charge is 0.469 e. The smallest absolute Gasteiger partial charge is 0.313 e. The van der Waals surface area contributed by atoms with Crippen LogP contribution >= 0.6 is 0 Å². The number of carbonyl (C=O) groups is 1. The number of hydrogen-bond acceptors (Lipinski definition) is 3. The molecule has 1 aromatic carbocycles. The summed E-state index contributed by atoms with van der Waals surface area (Å²) in [5.41, 5.74) is 3.52. The van der Waals surface area contributed by atoms with E-state index in [1.807, 2.05) is 0 Å². The normalized spacial score (nSPS) is 20.7. The molecule has 1 aromatic rings. The summed E-state index contributed by atoms with van der Waals surface area (Å²) >= 11 is 0. The van der Waals surface area contributed by atoms with Gasteiger partial charge in [-0.15, -0.1) is 0 Å². The minimum Gasteiger partial charge on any atom is -0.469 e. The van der Waals surface area contributed by atoms with Crippen molar-refractivity contribution in [2.24, 2.45) is 5.92 Å². The lowest BCUT2D eigenvalue weighted by Crippen LogP contribution is -2.25. The van der Waals surface area contributed by atoms with Gasteiger partial charge in [0.1, 0.15) is 0 Å². The van der Waals surface area contributed by atoms with Gasteiger partial charge >= 0.3 is 5.97 Å². The molecule has 3 heteroatoms. The third-order valence-electron chi connectivity index (χ3n) is 3.79. The summed E-state index contributed by atoms with van der Waals surface area (Å²) in [7, 11) is 1.47. The predicted octanol–water partition coefficient (Wildman–Crippen LogP) is 2.17. The van der Waals surface area contributed by atoms with Crippen LogP contribution in [0.1, 0.15) is 29.0 Å². The van der Waals surface area contributed by atoms with E-state index in [1.165, 1.54) is 18.2 Å². The van der Waals surface area contributed by atoms with Gasteiger partial charge in [-0.3, -0.25) is 4.79 Å². The van der Waals surface area contributed by atoms with Gasteiger partial charge in [-0.1, -0.05) is 23.8 Å². The van der Waals surface area contributed by atoms with Gasteiger partial charge in [-0.25, -0.2) is 0 Å². The molecule has 1 fully saturated rings. The van der Waals surface area contributed by atoms with Crippen molar-refractivity contribution in [2.45, 2.75) is 26.2 Å². The zero-order chi connectivity index (χ0) is 13.1. The van der Waals surface area contributed by atoms with E-state index in [4.69, 9.17) is 4.74 Å². The topological polar surface area (TPSA) is 38.3 Å². The maximum absolute atomic E-state index is 12.1. The van der Waals surface area contributed by atoms with Crippen LogP contribution in [0.5, 0.6) is 0 Å². The van der Waals surface area contributed by atoms with E-state index in [0.29, 0.717) is 5.92 Å². The van der Waals surface area contributed by atoms with Crippen LogP contribution in [0, 0.1) is 19.8 Å². The molecule has 0 amide bonds. The molecule has 0 spiro atoms. The number of hydrogen-bond donors (Lipinski definition) is 1. The highest BCUT2D eigenvalue weighted by Gasteiger charge is 2.33. The van der Waals surface area contributed by atoms with Crippen LogP contribution in [0.4, 0.5) is 0 Å². The molecule has 18 heavy (non-hydrogen) atoms. The highest BCUT2D eigenvalue weighted by molar-refractivity contribution is 5.79. The van der Waals surface area contributed by atoms with Crippen molar-refractivity contribution in [3.05, 3.63) is 34.9 Å². The van der Waals surface area contributed by atoms with E-state index in [1.54, 1.807) is 0 Å². The summed E-state index contributed by atoms with van der Waals surface area (Å²) in [5, 5.41) is 3.32. The number of carbonyl (C=O) groups excluding carboxylic acids is 1. The summed E-state index contributed by atoms with van der Waals surface area (Å²) in [6.07, 6.45) is 1.03. The van der Waals surface area contributed by atoms with Crippen molar-refractivity contribution in [1.29, 1.82) is 0 Å². The zero-order valence-electron chi connectivity index (χ0n) is 11.3. The number of ether oxygens (including phenoxy) is 1. The second kappa shape index (κ2) is 5.53. The van der Waals surface area contributed by atoms with E-state index in [2.05, 4.69) is 37.4 Å². The van der Waals surface area contributed by atoms with Crippen molar-refractivity contribution in [3.63, 3.8) is 0 Å². The molecule has 98 valence electrons. The Bertz CT molecular complexity index is 436. The highest BCUT2D eigenvalue weighted by Crippen LogP contribution is 2.32. The maximum Gasteiger partial charge on any atom is 0.313 e. The molecule has 0 aliphatic carbocycles. The first-order chi connectivity index (χ1) is 8.63. The number of benzene rings is 1. The fourth-order valence-corrected chi connectivity index (χ4v) is 2.84. The van der Waals surface area contributed by atoms with Gasteiger partial charge in [0.05, 0.1) is 13.0 Å². The van der Waals surface area contributed by atoms with E-state index in [0.717, 1.165) is 25.1 Å². The Labute approximate surface area is 109 Å². The van der Waals surface area contributed by atoms with Crippen LogP contribution in [-0.2, 0) is 9.53 Å². The van der Waals surface area contributed by atoms with Gasteiger partial charge in [0.25, 0.3) is 0 Å². The molecular formula is C15H21NO2. The number of methoxy groups -OCH3 is 1. The molecule has 0 aromatic heterocycles. The van der Waals surface area contributed by atoms with Crippen LogP contribution in [0.3, 0.4) is 0 Å². The molecule has 1 aliphatic heterocycles. The number of aryl methyl sites for hydroxylation is 2. The van der Waals surface area contributed by atoms with Gasteiger partial charge in [-0.2, -0.15) is 0 Å². The first-order valence-electron chi connectivity index (χ1n) is 6.49. The molecule has 1 aliphatic rings. The summed E-state index contributed by atoms with van der Waals surface area (Å²) in [6, 6.07) is 6.28. The summed E-state index contributed by atoms with van der Waals surface area (Å²) in [4.78, 5) is 12.1. The van der Waals surface area contributed by atoms with Crippen LogP contribution in [0.15, 0.2) is 18.2 Å². The Kier molecular flexibility index (Phi) is 4.02. The average molecular weight is 247 g/mol. The Balaban J connectivity index is 2.35. The second-order valence-electron chi connectivity index (χ2n) is 5.11. The highest BCUT2D eigenvalue weighted by atomic mass is 16.5. The van der Waals surface area contributed by atoms with Gasteiger partial charge in [-0.05, 0) is 50.4 Å². The number of rotatable bonds is 3. The van der Waals surface area contributed by atoms with Crippen LogP contribution < -0.4 is 5.32 Å². The summed E-state index contributed by atoms with van der Waals surface area (Å²) in [5.74, 6) is 0.0973. The lowest BCUT2D eigenvalue weighted by molar-refractivity contribution is -0.143. The number of nitrogens with one attached hydrogen (secondary N) is 1. The van der Waals surface area contributed by atoms with Crippen molar-refractivity contribution in [3.8, 4) is 0 Å². The van der Waals surface area contributed by atoms with Gasteiger partial charge in [0.15, 0.2) is 0 Å². The van der Waals surface area contributed by atoms with E-state index >= 15 is 0 Å². The van der Waals surface area contributed by atoms with Crippen molar-refractivity contribution in [2.75, 3.05) is 20.2 Å². The quantitative estimate of drug-likeness (QED) is 0.832. The lowest BCUT2D eigenvalue weighted by Gasteiger charge is -2.22. The first kappa shape index (κ1) is 13.1. The average Bonchev–Trinajstić information content (AvgIpc) is 2.85. The first-order valence-corrected chi connectivity index (χ1v) is 6.49. The SMILES string of the molecule is COC(=O)C(c1ccc(C)cc1C)C1CCNC1. The van der Waals surface area contributed by atoms with Crippen LogP contribution in [0.2, 0.25) is 0 Å². The predicted molar refractivity (Wildman–Crippen MR) is 71.6 cm³/mol. The Morgan fingerprint density at radius 3 is 2.78 bits per heavy atom. The molecule has 0 saturated carbocycles. The zero-order valence-corrected chi connectivity index (χ0v) is 11.3. The minimum absolute atomic E-state index is 0.115. The molecule has 0 bridgehead atoms. The molecule has 1 saturated heterocycles. The standard InChI is InChI=1S/C15H21NO2/c1-10-4-5-13(11(2)8-10)14(15(17)18-3)12-6-7-16-9-12/h4-5,8,12,14,16H,6-7,9H2,1-3H3. The second-order valence-corrected chi connectivity index (χ2v) is 5.11. The maximum atomic E-state index is 12.1. The molecule has 0 radical (unpaired) electrons. The Morgan fingerprint density at radius 2 is 2.22 bits per heavy atom. The van der Waals surface area contributed by atoms with Crippen molar-refractivity contribution < 1.29 is 9.53 Å². The van der Waals surface area contributed by atoms with Crippen molar-refractivity contribution in [1.82, 2.24) is 5.32 Å². The molecule has 2 atom stereocenters. The molecule has 2 unspecified atom stereocenters. The van der Waals surface area contributed by atoms with Gasteiger partial charge < -0.3 is 10.1 Å². The van der Waals surface area contributed by atoms with Crippen LogP contribution in [0.25, 0.3) is 0 Å².